The van der Waals surface area contributed by atoms with Gasteiger partial charge in [-0.1, -0.05) is 18.2 Å². The lowest BCUT2D eigenvalue weighted by Crippen LogP contribution is -2.21. The zero-order valence-corrected chi connectivity index (χ0v) is 12.7. The number of hydrogen-bond acceptors (Lipinski definition) is 3. The maximum absolute atomic E-state index is 12.1. The van der Waals surface area contributed by atoms with Gasteiger partial charge in [0.25, 0.3) is 5.56 Å². The van der Waals surface area contributed by atoms with Crippen LogP contribution in [0.3, 0.4) is 0 Å². The summed E-state index contributed by atoms with van der Waals surface area (Å²) in [5.41, 5.74) is 2.29. The van der Waals surface area contributed by atoms with E-state index in [2.05, 4.69) is 11.4 Å². The van der Waals surface area contributed by atoms with Crippen molar-refractivity contribution in [2.24, 2.45) is 12.5 Å². The van der Waals surface area contributed by atoms with Gasteiger partial charge >= 0.3 is 0 Å². The molecule has 1 N–H and O–H groups in total. The normalized spacial score (nSPS) is 16.1. The third-order valence-electron chi connectivity index (χ3n) is 4.60. The van der Waals surface area contributed by atoms with Gasteiger partial charge in [-0.05, 0) is 30.7 Å². The summed E-state index contributed by atoms with van der Waals surface area (Å²) >= 11 is 0. The molecule has 112 valence electrons. The Morgan fingerprint density at radius 2 is 2.10 bits per heavy atom. The van der Waals surface area contributed by atoms with Crippen molar-refractivity contribution in [2.45, 2.75) is 19.3 Å². The van der Waals surface area contributed by atoms with Crippen LogP contribution in [0.5, 0.6) is 0 Å². The van der Waals surface area contributed by atoms with Crippen molar-refractivity contribution in [1.82, 2.24) is 4.57 Å². The number of ether oxygens (including phenoxy) is 1. The Bertz CT molecular complexity index is 701. The van der Waals surface area contributed by atoms with E-state index in [0.717, 1.165) is 36.2 Å². The molecule has 3 rings (SSSR count). The predicted octanol–water partition coefficient (Wildman–Crippen LogP) is 2.77. The van der Waals surface area contributed by atoms with Gasteiger partial charge in [0, 0.05) is 44.4 Å². The van der Waals surface area contributed by atoms with E-state index in [1.54, 1.807) is 17.7 Å². The fourth-order valence-corrected chi connectivity index (χ4v) is 2.85. The molecule has 4 heteroatoms. The number of fused-ring (bicyclic) bond motifs is 1. The summed E-state index contributed by atoms with van der Waals surface area (Å²) < 4.78 is 6.89. The molecule has 1 aromatic carbocycles. The zero-order valence-electron chi connectivity index (χ0n) is 12.7. The fourth-order valence-electron chi connectivity index (χ4n) is 2.85. The molecule has 1 aliphatic carbocycles. The van der Waals surface area contributed by atoms with Crippen LogP contribution < -0.4 is 10.9 Å². The number of aryl methyl sites for hydroxylation is 1. The maximum Gasteiger partial charge on any atom is 0.252 e. The highest BCUT2D eigenvalue weighted by atomic mass is 16.5. The summed E-state index contributed by atoms with van der Waals surface area (Å²) in [4.78, 5) is 12.1. The second-order valence-electron chi connectivity index (χ2n) is 6.07. The number of methoxy groups -OCH3 is 1. The van der Waals surface area contributed by atoms with Crippen molar-refractivity contribution < 1.29 is 4.74 Å². The number of para-hydroxylation sites is 1. The molecule has 1 saturated carbocycles. The van der Waals surface area contributed by atoms with Crippen LogP contribution in [0.25, 0.3) is 10.9 Å². The van der Waals surface area contributed by atoms with E-state index in [1.807, 2.05) is 25.2 Å². The van der Waals surface area contributed by atoms with E-state index >= 15 is 0 Å². The molecular formula is C17H22N2O2. The fraction of sp³-hybridized carbons (Fsp3) is 0.471. The summed E-state index contributed by atoms with van der Waals surface area (Å²) in [6, 6.07) is 9.72. The number of nitrogens with zero attached hydrogens (tertiary/aromatic N) is 1. The summed E-state index contributed by atoms with van der Waals surface area (Å²) in [5.74, 6) is 0. The Labute approximate surface area is 124 Å². The summed E-state index contributed by atoms with van der Waals surface area (Å²) in [5, 5.41) is 4.60. The van der Waals surface area contributed by atoms with Gasteiger partial charge in [0.05, 0.1) is 5.52 Å². The SMILES string of the molecule is COCCC1(CNc2cc(=O)n(C)c3ccccc23)CC1. The van der Waals surface area contributed by atoms with Crippen molar-refractivity contribution in [3.63, 3.8) is 0 Å². The molecule has 1 aromatic heterocycles. The van der Waals surface area contributed by atoms with Gasteiger partial charge in [0.1, 0.15) is 0 Å². The summed E-state index contributed by atoms with van der Waals surface area (Å²) in [6.45, 7) is 1.71. The van der Waals surface area contributed by atoms with Gasteiger partial charge in [0.2, 0.25) is 0 Å². The molecule has 0 spiro atoms. The van der Waals surface area contributed by atoms with Gasteiger partial charge < -0.3 is 14.6 Å². The Morgan fingerprint density at radius 1 is 1.33 bits per heavy atom. The number of aromatic nitrogens is 1. The predicted molar refractivity (Wildman–Crippen MR) is 85.8 cm³/mol. The van der Waals surface area contributed by atoms with Crippen LogP contribution in [0.1, 0.15) is 19.3 Å². The number of nitrogens with one attached hydrogen (secondary N) is 1. The van der Waals surface area contributed by atoms with Gasteiger partial charge in [-0.25, -0.2) is 0 Å². The van der Waals surface area contributed by atoms with Crippen LogP contribution >= 0.6 is 0 Å². The molecule has 0 atom stereocenters. The second kappa shape index (κ2) is 5.53. The molecule has 0 saturated heterocycles. The average Bonchev–Trinajstić information content (AvgIpc) is 3.28. The van der Waals surface area contributed by atoms with Crippen LogP contribution in [0.4, 0.5) is 5.69 Å². The summed E-state index contributed by atoms with van der Waals surface area (Å²) in [7, 11) is 3.56. The Kier molecular flexibility index (Phi) is 3.72. The maximum atomic E-state index is 12.1. The van der Waals surface area contributed by atoms with E-state index in [0.29, 0.717) is 5.41 Å². The molecule has 1 aliphatic rings. The molecule has 21 heavy (non-hydrogen) atoms. The van der Waals surface area contributed by atoms with Gasteiger partial charge in [0.15, 0.2) is 0 Å². The molecule has 0 bridgehead atoms. The molecule has 0 aliphatic heterocycles. The quantitative estimate of drug-likeness (QED) is 0.888. The highest BCUT2D eigenvalue weighted by Crippen LogP contribution is 2.48. The molecule has 0 amide bonds. The third-order valence-corrected chi connectivity index (χ3v) is 4.60. The lowest BCUT2D eigenvalue weighted by molar-refractivity contribution is 0.175. The minimum atomic E-state index is 0.0259. The molecule has 1 fully saturated rings. The van der Waals surface area contributed by atoms with E-state index in [9.17, 15) is 4.79 Å². The monoisotopic (exact) mass is 286 g/mol. The number of hydrogen-bond donors (Lipinski definition) is 1. The van der Waals surface area contributed by atoms with Crippen LogP contribution in [-0.4, -0.2) is 24.8 Å². The first-order valence-electron chi connectivity index (χ1n) is 7.47. The lowest BCUT2D eigenvalue weighted by Gasteiger charge is -2.18. The Balaban J connectivity index is 1.85. The molecule has 1 heterocycles. The van der Waals surface area contributed by atoms with Gasteiger partial charge in [-0.3, -0.25) is 4.79 Å². The first-order valence-corrected chi connectivity index (χ1v) is 7.47. The zero-order chi connectivity index (χ0) is 14.9. The standard InChI is InChI=1S/C17H22N2O2/c1-19-15-6-4-3-5-13(15)14(11-16(19)20)18-12-17(7-8-17)9-10-21-2/h3-6,11,18H,7-10,12H2,1-2H3. The van der Waals surface area contributed by atoms with Crippen molar-refractivity contribution in [3.8, 4) is 0 Å². The molecule has 0 unspecified atom stereocenters. The number of benzene rings is 1. The molecule has 2 aromatic rings. The highest BCUT2D eigenvalue weighted by Gasteiger charge is 2.41. The van der Waals surface area contributed by atoms with E-state index in [-0.39, 0.29) is 5.56 Å². The first-order chi connectivity index (χ1) is 10.2. The van der Waals surface area contributed by atoms with E-state index in [1.165, 1.54) is 12.8 Å². The van der Waals surface area contributed by atoms with E-state index in [4.69, 9.17) is 4.74 Å². The van der Waals surface area contributed by atoms with Crippen LogP contribution in [0.2, 0.25) is 0 Å². The third kappa shape index (κ3) is 2.81. The minimum Gasteiger partial charge on any atom is -0.385 e. The largest absolute Gasteiger partial charge is 0.385 e. The van der Waals surface area contributed by atoms with Crippen molar-refractivity contribution in [3.05, 3.63) is 40.7 Å². The number of rotatable bonds is 6. The number of pyridine rings is 1. The van der Waals surface area contributed by atoms with Gasteiger partial charge in [-0.2, -0.15) is 0 Å². The molecule has 0 radical (unpaired) electrons. The second-order valence-corrected chi connectivity index (χ2v) is 6.07. The van der Waals surface area contributed by atoms with Crippen molar-refractivity contribution in [1.29, 1.82) is 0 Å². The van der Waals surface area contributed by atoms with E-state index < -0.39 is 0 Å². The molecule has 4 nitrogen and oxygen atoms in total. The minimum absolute atomic E-state index is 0.0259. The Morgan fingerprint density at radius 3 is 2.81 bits per heavy atom. The Hall–Kier alpha value is -1.81. The first kappa shape index (κ1) is 14.1. The lowest BCUT2D eigenvalue weighted by atomic mass is 10.0. The summed E-state index contributed by atoms with van der Waals surface area (Å²) in [6.07, 6.45) is 3.57. The average molecular weight is 286 g/mol. The topological polar surface area (TPSA) is 43.3 Å². The van der Waals surface area contributed by atoms with Crippen molar-refractivity contribution >= 4 is 16.6 Å². The number of anilines is 1. The van der Waals surface area contributed by atoms with Crippen LogP contribution in [-0.2, 0) is 11.8 Å². The van der Waals surface area contributed by atoms with Crippen molar-refractivity contribution in [2.75, 3.05) is 25.6 Å². The van der Waals surface area contributed by atoms with Crippen LogP contribution in [0, 0.1) is 5.41 Å². The molecular weight excluding hydrogens is 264 g/mol. The highest BCUT2D eigenvalue weighted by molar-refractivity contribution is 5.91. The smallest absolute Gasteiger partial charge is 0.252 e. The van der Waals surface area contributed by atoms with Crippen LogP contribution in [0.15, 0.2) is 35.1 Å². The van der Waals surface area contributed by atoms with Gasteiger partial charge in [-0.15, -0.1) is 0 Å².